The molecule has 2 atom stereocenters. The number of rotatable bonds is 7. The quantitative estimate of drug-likeness (QED) is 0.528. The van der Waals surface area contributed by atoms with E-state index in [1.165, 1.54) is 19.2 Å². The van der Waals surface area contributed by atoms with E-state index in [1.807, 2.05) is 0 Å². The molecule has 3 aromatic rings. The van der Waals surface area contributed by atoms with Crippen molar-refractivity contribution in [2.45, 2.75) is 26.0 Å². The zero-order valence-electron chi connectivity index (χ0n) is 15.7. The summed E-state index contributed by atoms with van der Waals surface area (Å²) >= 11 is 5.89. The number of anilines is 2. The molecule has 0 bridgehead atoms. The lowest BCUT2D eigenvalue weighted by Crippen LogP contribution is -2.20. The molecule has 1 unspecified atom stereocenters. The van der Waals surface area contributed by atoms with Gasteiger partial charge >= 0.3 is 6.09 Å². The molecule has 1 aromatic carbocycles. The van der Waals surface area contributed by atoms with Crippen LogP contribution in [-0.2, 0) is 4.74 Å². The molecule has 29 heavy (non-hydrogen) atoms. The van der Waals surface area contributed by atoms with Crippen LogP contribution in [0.2, 0.25) is 5.02 Å². The van der Waals surface area contributed by atoms with E-state index < -0.39 is 12.2 Å². The fourth-order valence-corrected chi connectivity index (χ4v) is 2.34. The molecule has 2 heterocycles. The summed E-state index contributed by atoms with van der Waals surface area (Å²) < 4.78 is 10.1. The van der Waals surface area contributed by atoms with Gasteiger partial charge in [-0.25, -0.2) is 9.78 Å². The lowest BCUT2D eigenvalue weighted by molar-refractivity contribution is 0.0858. The van der Waals surface area contributed by atoms with Crippen LogP contribution in [0.4, 0.5) is 16.6 Å². The second-order valence-electron chi connectivity index (χ2n) is 6.17. The molecule has 11 heteroatoms. The van der Waals surface area contributed by atoms with Crippen molar-refractivity contribution in [3.05, 3.63) is 47.4 Å². The van der Waals surface area contributed by atoms with E-state index >= 15 is 0 Å². The Bertz CT molecular complexity index is 963. The van der Waals surface area contributed by atoms with Gasteiger partial charge in [-0.2, -0.15) is 9.97 Å². The Kier molecular flexibility index (Phi) is 6.57. The maximum Gasteiger partial charge on any atom is 0.412 e. The lowest BCUT2D eigenvalue weighted by atomic mass is 10.2. The number of halogens is 1. The summed E-state index contributed by atoms with van der Waals surface area (Å²) in [6.07, 6.45) is -0.0104. The van der Waals surface area contributed by atoms with Crippen LogP contribution in [0.25, 0.3) is 11.4 Å². The summed E-state index contributed by atoms with van der Waals surface area (Å²) in [5, 5.41) is 19.2. The summed E-state index contributed by atoms with van der Waals surface area (Å²) in [6.45, 7) is 3.20. The average Bonchev–Trinajstić information content (AvgIpc) is 3.17. The smallest absolute Gasteiger partial charge is 0.412 e. The first kappa shape index (κ1) is 20.5. The van der Waals surface area contributed by atoms with Gasteiger partial charge in [0, 0.05) is 16.8 Å². The van der Waals surface area contributed by atoms with Gasteiger partial charge in [0.05, 0.1) is 6.10 Å². The highest BCUT2D eigenvalue weighted by molar-refractivity contribution is 6.30. The molecule has 3 rings (SSSR count). The molecule has 10 nitrogen and oxygen atoms in total. The summed E-state index contributed by atoms with van der Waals surface area (Å²) in [4.78, 5) is 24.3. The summed E-state index contributed by atoms with van der Waals surface area (Å²) in [5.41, 5.74) is 0.773. The van der Waals surface area contributed by atoms with Crippen LogP contribution in [-0.4, -0.2) is 44.0 Å². The Balaban J connectivity index is 1.63. The van der Waals surface area contributed by atoms with Crippen molar-refractivity contribution in [2.24, 2.45) is 0 Å². The second-order valence-corrected chi connectivity index (χ2v) is 6.60. The predicted octanol–water partition coefficient (Wildman–Crippen LogP) is 3.28. The minimum atomic E-state index is -0.753. The molecule has 0 fully saturated rings. The Hall–Kier alpha value is -3.24. The second kappa shape index (κ2) is 9.30. The number of hydrogen-bond donors (Lipinski definition) is 3. The molecule has 0 saturated carbocycles. The van der Waals surface area contributed by atoms with Gasteiger partial charge in [0.15, 0.2) is 0 Å². The van der Waals surface area contributed by atoms with Crippen molar-refractivity contribution >= 4 is 29.5 Å². The van der Waals surface area contributed by atoms with E-state index in [0.717, 1.165) is 5.56 Å². The molecule has 0 aliphatic heterocycles. The van der Waals surface area contributed by atoms with E-state index in [-0.39, 0.29) is 24.4 Å². The monoisotopic (exact) mass is 418 g/mol. The number of amides is 1. The number of nitrogens with one attached hydrogen (secondary N) is 2. The van der Waals surface area contributed by atoms with Gasteiger partial charge < -0.3 is 19.7 Å². The van der Waals surface area contributed by atoms with Crippen LogP contribution in [0.15, 0.2) is 41.1 Å². The lowest BCUT2D eigenvalue weighted by Gasteiger charge is -2.11. The standard InChI is InChI=1S/C18H19ClN6O4/c1-10(26)9-28-18(27)23-14-7-8-20-17(22-14)21-11(2)16-24-15(25-29-16)12-3-5-13(19)6-4-12/h3-8,10-11,26H,9H2,1-2H3,(H2,20,21,22,23,27)/t10-,11?/m0/s1. The summed E-state index contributed by atoms with van der Waals surface area (Å²) in [5.74, 6) is 1.26. The molecule has 0 aliphatic carbocycles. The van der Waals surface area contributed by atoms with Gasteiger partial charge in [0.2, 0.25) is 17.7 Å². The zero-order valence-corrected chi connectivity index (χ0v) is 16.4. The van der Waals surface area contributed by atoms with Gasteiger partial charge in [-0.3, -0.25) is 5.32 Å². The highest BCUT2D eigenvalue weighted by Crippen LogP contribution is 2.22. The number of aromatic nitrogens is 4. The molecule has 152 valence electrons. The van der Waals surface area contributed by atoms with Gasteiger partial charge in [-0.15, -0.1) is 0 Å². The topological polar surface area (TPSA) is 135 Å². The van der Waals surface area contributed by atoms with Crippen LogP contribution in [0.3, 0.4) is 0 Å². The minimum absolute atomic E-state index is 0.119. The highest BCUT2D eigenvalue weighted by atomic mass is 35.5. The van der Waals surface area contributed by atoms with Crippen LogP contribution >= 0.6 is 11.6 Å². The highest BCUT2D eigenvalue weighted by Gasteiger charge is 2.17. The van der Waals surface area contributed by atoms with Gasteiger partial charge in [-0.05, 0) is 44.2 Å². The molecule has 2 aromatic heterocycles. The first-order valence-corrected chi connectivity index (χ1v) is 9.09. The number of ether oxygens (including phenoxy) is 1. The molecular weight excluding hydrogens is 400 g/mol. The third kappa shape index (κ3) is 5.87. The molecule has 0 spiro atoms. The number of aliphatic hydroxyl groups is 1. The maximum absolute atomic E-state index is 11.7. The fourth-order valence-electron chi connectivity index (χ4n) is 2.22. The number of aliphatic hydroxyl groups excluding tert-OH is 1. The van der Waals surface area contributed by atoms with Crippen molar-refractivity contribution in [2.75, 3.05) is 17.2 Å². The molecule has 3 N–H and O–H groups in total. The third-order valence-corrected chi connectivity index (χ3v) is 3.85. The molecule has 0 radical (unpaired) electrons. The molecule has 0 aliphatic rings. The predicted molar refractivity (Wildman–Crippen MR) is 105 cm³/mol. The van der Waals surface area contributed by atoms with Crippen LogP contribution in [0, 0.1) is 0 Å². The Labute approximate surface area is 171 Å². The summed E-state index contributed by atoms with van der Waals surface area (Å²) in [6, 6.07) is 8.19. The first-order chi connectivity index (χ1) is 13.9. The molecule has 1 amide bonds. The van der Waals surface area contributed by atoms with Gasteiger partial charge in [0.25, 0.3) is 0 Å². The largest absolute Gasteiger partial charge is 0.447 e. The Morgan fingerprint density at radius 1 is 1.24 bits per heavy atom. The maximum atomic E-state index is 11.7. The van der Waals surface area contributed by atoms with Crippen LogP contribution < -0.4 is 10.6 Å². The number of benzene rings is 1. The average molecular weight is 419 g/mol. The van der Waals surface area contributed by atoms with Gasteiger partial charge in [0.1, 0.15) is 18.5 Å². The Morgan fingerprint density at radius 3 is 2.72 bits per heavy atom. The number of carbonyl (C=O) groups is 1. The van der Waals surface area contributed by atoms with E-state index in [9.17, 15) is 4.79 Å². The number of nitrogens with zero attached hydrogens (tertiary/aromatic N) is 4. The van der Waals surface area contributed by atoms with Crippen molar-refractivity contribution in [1.82, 2.24) is 20.1 Å². The third-order valence-electron chi connectivity index (χ3n) is 3.60. The van der Waals surface area contributed by atoms with Gasteiger partial charge in [-0.1, -0.05) is 16.8 Å². The SMILES string of the molecule is CC(Nc1nccc(NC(=O)OC[C@H](C)O)n1)c1nc(-c2ccc(Cl)cc2)no1. The van der Waals surface area contributed by atoms with Crippen molar-refractivity contribution in [3.63, 3.8) is 0 Å². The van der Waals surface area contributed by atoms with Crippen LogP contribution in [0.1, 0.15) is 25.8 Å². The normalized spacial score (nSPS) is 12.8. The zero-order chi connectivity index (χ0) is 20.8. The number of carbonyl (C=O) groups excluding carboxylic acids is 1. The van der Waals surface area contributed by atoms with E-state index in [4.69, 9.17) is 26.0 Å². The number of hydrogen-bond acceptors (Lipinski definition) is 9. The Morgan fingerprint density at radius 2 is 2.00 bits per heavy atom. The fraction of sp³-hybridized carbons (Fsp3) is 0.278. The molecule has 0 saturated heterocycles. The van der Waals surface area contributed by atoms with Crippen molar-refractivity contribution in [1.29, 1.82) is 0 Å². The van der Waals surface area contributed by atoms with E-state index in [1.54, 1.807) is 31.2 Å². The molecular formula is C18H19ClN6O4. The first-order valence-electron chi connectivity index (χ1n) is 8.71. The van der Waals surface area contributed by atoms with E-state index in [2.05, 4.69) is 30.7 Å². The van der Waals surface area contributed by atoms with Crippen molar-refractivity contribution < 1.29 is 19.2 Å². The van der Waals surface area contributed by atoms with E-state index in [0.29, 0.717) is 16.7 Å². The minimum Gasteiger partial charge on any atom is -0.447 e. The summed E-state index contributed by atoms with van der Waals surface area (Å²) in [7, 11) is 0. The van der Waals surface area contributed by atoms with Crippen LogP contribution in [0.5, 0.6) is 0 Å². The van der Waals surface area contributed by atoms with Crippen molar-refractivity contribution in [3.8, 4) is 11.4 Å².